The van der Waals surface area contributed by atoms with Crippen molar-refractivity contribution >= 4 is 23.7 Å². The molecule has 0 saturated heterocycles. The number of H-pyrrole nitrogens is 1. The zero-order valence-corrected chi connectivity index (χ0v) is 23.6. The standard InChI is InChI=1S/C30H38N6O6/c1-3-18(2)26(29(40)35-25(30(41)42)14-20-9-11-22(37)12-10-20)36-28(39)24(15-21-16-32-17-33-21)34-27(38)23(31)13-19-7-5-4-6-8-19/h4-12,16-18,23-26,37H,3,13-15,31H2,1-2H3,(H,32,33)(H,34,38)(H,35,40)(H,36,39)(H,41,42). The predicted octanol–water partition coefficient (Wildman–Crippen LogP) is 1.06. The molecule has 0 aliphatic heterocycles. The monoisotopic (exact) mass is 578 g/mol. The Labute approximate surface area is 244 Å². The molecule has 0 spiro atoms. The topological polar surface area (TPSA) is 200 Å². The van der Waals surface area contributed by atoms with E-state index in [-0.39, 0.29) is 30.9 Å². The minimum Gasteiger partial charge on any atom is -0.508 e. The number of hydrogen-bond donors (Lipinski definition) is 7. The first-order chi connectivity index (χ1) is 20.1. The first kappa shape index (κ1) is 31.8. The van der Waals surface area contributed by atoms with Gasteiger partial charge in [0.1, 0.15) is 23.9 Å². The second-order valence-corrected chi connectivity index (χ2v) is 10.3. The Hall–Kier alpha value is -4.71. The number of aliphatic carboxylic acids is 1. The Morgan fingerprint density at radius 2 is 1.50 bits per heavy atom. The quantitative estimate of drug-likeness (QED) is 0.139. The molecule has 1 aromatic heterocycles. The number of aromatic amines is 1. The number of carboxylic acids is 1. The smallest absolute Gasteiger partial charge is 0.326 e. The van der Waals surface area contributed by atoms with Crippen molar-refractivity contribution in [1.29, 1.82) is 0 Å². The van der Waals surface area contributed by atoms with Crippen LogP contribution in [0.15, 0.2) is 67.1 Å². The molecule has 0 fully saturated rings. The van der Waals surface area contributed by atoms with E-state index in [0.717, 1.165) is 5.56 Å². The van der Waals surface area contributed by atoms with Crippen LogP contribution in [0.1, 0.15) is 37.1 Å². The van der Waals surface area contributed by atoms with Crippen molar-refractivity contribution < 1.29 is 29.4 Å². The maximum absolute atomic E-state index is 13.5. The van der Waals surface area contributed by atoms with E-state index in [1.165, 1.54) is 24.7 Å². The SMILES string of the molecule is CCC(C)C(NC(=O)C(Cc1cnc[nH]1)NC(=O)C(N)Cc1ccccc1)C(=O)NC(Cc1ccc(O)cc1)C(=O)O. The Morgan fingerprint density at radius 3 is 2.10 bits per heavy atom. The maximum atomic E-state index is 13.5. The molecule has 0 saturated carbocycles. The molecule has 12 heteroatoms. The number of nitrogens with one attached hydrogen (secondary N) is 4. The van der Waals surface area contributed by atoms with Crippen LogP contribution in [-0.2, 0) is 38.4 Å². The average molecular weight is 579 g/mol. The van der Waals surface area contributed by atoms with Crippen LogP contribution in [-0.4, -0.2) is 68.0 Å². The van der Waals surface area contributed by atoms with E-state index in [0.29, 0.717) is 17.7 Å². The summed E-state index contributed by atoms with van der Waals surface area (Å²) in [7, 11) is 0. The number of aromatic nitrogens is 2. The number of rotatable bonds is 15. The van der Waals surface area contributed by atoms with Gasteiger partial charge in [0.25, 0.3) is 0 Å². The number of carboxylic acid groups (broad SMARTS) is 1. The number of benzene rings is 2. The van der Waals surface area contributed by atoms with Crippen LogP contribution in [0.25, 0.3) is 0 Å². The number of imidazole rings is 1. The van der Waals surface area contributed by atoms with E-state index in [1.54, 1.807) is 19.1 Å². The van der Waals surface area contributed by atoms with Crippen LogP contribution in [0.3, 0.4) is 0 Å². The van der Waals surface area contributed by atoms with Crippen LogP contribution in [0.2, 0.25) is 0 Å². The van der Waals surface area contributed by atoms with E-state index in [4.69, 9.17) is 5.73 Å². The van der Waals surface area contributed by atoms with Gasteiger partial charge in [0.05, 0.1) is 12.4 Å². The molecule has 0 bridgehead atoms. The van der Waals surface area contributed by atoms with Crippen LogP contribution in [0.4, 0.5) is 0 Å². The number of amides is 3. The van der Waals surface area contributed by atoms with Gasteiger partial charge in [-0.1, -0.05) is 62.7 Å². The van der Waals surface area contributed by atoms with E-state index < -0.39 is 47.9 Å². The lowest BCUT2D eigenvalue weighted by atomic mass is 9.96. The molecule has 0 aliphatic carbocycles. The molecule has 5 unspecified atom stereocenters. The summed E-state index contributed by atoms with van der Waals surface area (Å²) in [5.41, 5.74) is 8.19. The Bertz CT molecular complexity index is 1320. The number of hydrogen-bond acceptors (Lipinski definition) is 7. The number of phenols is 1. The van der Waals surface area contributed by atoms with Crippen LogP contribution in [0, 0.1) is 5.92 Å². The number of aromatic hydroxyl groups is 1. The predicted molar refractivity (Wildman–Crippen MR) is 155 cm³/mol. The fraction of sp³-hybridized carbons (Fsp3) is 0.367. The van der Waals surface area contributed by atoms with E-state index in [9.17, 15) is 29.4 Å². The molecular weight excluding hydrogens is 540 g/mol. The summed E-state index contributed by atoms with van der Waals surface area (Å²) in [6, 6.07) is 10.9. The van der Waals surface area contributed by atoms with Crippen LogP contribution in [0.5, 0.6) is 5.75 Å². The van der Waals surface area contributed by atoms with Crippen LogP contribution >= 0.6 is 0 Å². The molecule has 3 rings (SSSR count). The molecule has 42 heavy (non-hydrogen) atoms. The number of nitrogens with two attached hydrogens (primary N) is 1. The largest absolute Gasteiger partial charge is 0.508 e. The summed E-state index contributed by atoms with van der Waals surface area (Å²) in [6.07, 6.45) is 3.77. The molecular formula is C30H38N6O6. The molecule has 12 nitrogen and oxygen atoms in total. The molecule has 0 radical (unpaired) electrons. The van der Waals surface area contributed by atoms with Crippen molar-refractivity contribution in [3.63, 3.8) is 0 Å². The van der Waals surface area contributed by atoms with Crippen molar-refractivity contribution in [3.05, 3.63) is 83.9 Å². The van der Waals surface area contributed by atoms with Gasteiger partial charge in [-0.25, -0.2) is 9.78 Å². The first-order valence-electron chi connectivity index (χ1n) is 13.8. The minimum atomic E-state index is -1.28. The molecule has 0 aliphatic rings. The third kappa shape index (κ3) is 9.44. The summed E-state index contributed by atoms with van der Waals surface area (Å²) in [5, 5.41) is 27.2. The van der Waals surface area contributed by atoms with Crippen molar-refractivity contribution in [1.82, 2.24) is 25.9 Å². The summed E-state index contributed by atoms with van der Waals surface area (Å²) in [6.45, 7) is 3.60. The van der Waals surface area contributed by atoms with Gasteiger partial charge in [0.2, 0.25) is 17.7 Å². The maximum Gasteiger partial charge on any atom is 0.326 e. The van der Waals surface area contributed by atoms with Gasteiger partial charge < -0.3 is 36.9 Å². The normalized spacial score (nSPS) is 14.5. The number of carbonyl (C=O) groups excluding carboxylic acids is 3. The molecule has 3 amide bonds. The highest BCUT2D eigenvalue weighted by molar-refractivity contribution is 5.94. The highest BCUT2D eigenvalue weighted by Gasteiger charge is 2.33. The highest BCUT2D eigenvalue weighted by atomic mass is 16.4. The van der Waals surface area contributed by atoms with Crippen molar-refractivity contribution in [2.75, 3.05) is 0 Å². The van der Waals surface area contributed by atoms with Gasteiger partial charge in [-0.2, -0.15) is 0 Å². The number of carbonyl (C=O) groups is 4. The minimum absolute atomic E-state index is 0.0274. The third-order valence-electron chi connectivity index (χ3n) is 7.03. The second-order valence-electron chi connectivity index (χ2n) is 10.3. The summed E-state index contributed by atoms with van der Waals surface area (Å²) in [4.78, 5) is 58.8. The van der Waals surface area contributed by atoms with Gasteiger partial charge in [-0.3, -0.25) is 14.4 Å². The molecule has 224 valence electrons. The number of phenolic OH excluding ortho intramolecular Hbond substituents is 1. The first-order valence-corrected chi connectivity index (χ1v) is 13.8. The second kappa shape index (κ2) is 15.3. The van der Waals surface area contributed by atoms with Crippen molar-refractivity contribution in [2.45, 2.75) is 63.7 Å². The van der Waals surface area contributed by atoms with E-state index >= 15 is 0 Å². The lowest BCUT2D eigenvalue weighted by Gasteiger charge is -2.28. The zero-order valence-electron chi connectivity index (χ0n) is 23.6. The molecule has 2 aromatic carbocycles. The van der Waals surface area contributed by atoms with Gasteiger partial charge in [-0.15, -0.1) is 0 Å². The molecule has 8 N–H and O–H groups in total. The van der Waals surface area contributed by atoms with Crippen molar-refractivity contribution in [2.24, 2.45) is 11.7 Å². The molecule has 3 aromatic rings. The summed E-state index contributed by atoms with van der Waals surface area (Å²) >= 11 is 0. The highest BCUT2D eigenvalue weighted by Crippen LogP contribution is 2.14. The lowest BCUT2D eigenvalue weighted by Crippen LogP contribution is -2.59. The fourth-order valence-corrected chi connectivity index (χ4v) is 4.35. The Balaban J connectivity index is 1.74. The lowest BCUT2D eigenvalue weighted by molar-refractivity contribution is -0.142. The van der Waals surface area contributed by atoms with Crippen LogP contribution < -0.4 is 21.7 Å². The van der Waals surface area contributed by atoms with Gasteiger partial charge >= 0.3 is 5.97 Å². The molecule has 1 heterocycles. The van der Waals surface area contributed by atoms with Gasteiger partial charge in [-0.05, 0) is 35.6 Å². The molecule has 5 atom stereocenters. The van der Waals surface area contributed by atoms with E-state index in [1.807, 2.05) is 37.3 Å². The van der Waals surface area contributed by atoms with Gasteiger partial charge in [0, 0.05) is 24.7 Å². The fourth-order valence-electron chi connectivity index (χ4n) is 4.35. The summed E-state index contributed by atoms with van der Waals surface area (Å²) < 4.78 is 0. The van der Waals surface area contributed by atoms with E-state index in [2.05, 4.69) is 25.9 Å². The zero-order chi connectivity index (χ0) is 30.6. The Morgan fingerprint density at radius 1 is 0.857 bits per heavy atom. The van der Waals surface area contributed by atoms with Crippen molar-refractivity contribution in [3.8, 4) is 5.75 Å². The average Bonchev–Trinajstić information content (AvgIpc) is 3.49. The number of nitrogens with zero attached hydrogens (tertiary/aromatic N) is 1. The van der Waals surface area contributed by atoms with Gasteiger partial charge in [0.15, 0.2) is 0 Å². The summed E-state index contributed by atoms with van der Waals surface area (Å²) in [5.74, 6) is -3.41. The third-order valence-corrected chi connectivity index (χ3v) is 7.03. The Kier molecular flexibility index (Phi) is 11.6.